The molecule has 1 N–H and O–H groups in total. The van der Waals surface area contributed by atoms with Crippen LogP contribution >= 0.6 is 11.8 Å². The normalized spacial score (nSPS) is 11.8. The Labute approximate surface area is 113 Å². The van der Waals surface area contributed by atoms with Gasteiger partial charge in [-0.3, -0.25) is 5.10 Å². The molecule has 2 rings (SSSR count). The van der Waals surface area contributed by atoms with E-state index in [1.807, 2.05) is 35.6 Å². The van der Waals surface area contributed by atoms with Crippen molar-refractivity contribution in [1.29, 1.82) is 0 Å². The van der Waals surface area contributed by atoms with Gasteiger partial charge in [-0.05, 0) is 36.8 Å². The SMILES string of the molecule is CSc1cccc(CCc2[c]n[nH]c2C(F)(F)F)c1. The molecule has 1 heterocycles. The van der Waals surface area contributed by atoms with E-state index in [2.05, 4.69) is 11.3 Å². The largest absolute Gasteiger partial charge is 0.433 e. The van der Waals surface area contributed by atoms with Crippen molar-refractivity contribution in [2.45, 2.75) is 23.9 Å². The van der Waals surface area contributed by atoms with Gasteiger partial charge in [0.15, 0.2) is 0 Å². The van der Waals surface area contributed by atoms with Gasteiger partial charge < -0.3 is 0 Å². The summed E-state index contributed by atoms with van der Waals surface area (Å²) in [6.45, 7) is 0. The van der Waals surface area contributed by atoms with Crippen molar-refractivity contribution in [3.05, 3.63) is 47.3 Å². The first-order chi connectivity index (χ1) is 9.00. The number of nitrogens with zero attached hydrogens (tertiary/aromatic N) is 1. The van der Waals surface area contributed by atoms with Crippen LogP contribution in [0.4, 0.5) is 13.2 Å². The summed E-state index contributed by atoms with van der Waals surface area (Å²) in [6.07, 6.45) is 0.746. The lowest BCUT2D eigenvalue weighted by Gasteiger charge is -2.07. The number of nitrogens with one attached hydrogen (secondary N) is 1. The summed E-state index contributed by atoms with van der Waals surface area (Å²) in [5.74, 6) is 0. The minimum atomic E-state index is -4.40. The topological polar surface area (TPSA) is 28.7 Å². The third-order valence-electron chi connectivity index (χ3n) is 2.74. The summed E-state index contributed by atoms with van der Waals surface area (Å²) in [7, 11) is 0. The molecule has 0 saturated heterocycles. The van der Waals surface area contributed by atoms with E-state index in [9.17, 15) is 13.2 Å². The molecule has 0 spiro atoms. The van der Waals surface area contributed by atoms with E-state index >= 15 is 0 Å². The van der Waals surface area contributed by atoms with Gasteiger partial charge in [-0.15, -0.1) is 11.8 Å². The fourth-order valence-electron chi connectivity index (χ4n) is 1.79. The highest BCUT2D eigenvalue weighted by Gasteiger charge is 2.35. The molecule has 1 radical (unpaired) electrons. The highest BCUT2D eigenvalue weighted by atomic mass is 32.2. The number of halogens is 3. The molecule has 2 aromatic rings. The van der Waals surface area contributed by atoms with Crippen LogP contribution in [0.25, 0.3) is 0 Å². The maximum atomic E-state index is 12.6. The molecule has 0 aliphatic heterocycles. The number of alkyl halides is 3. The average Bonchev–Trinajstić information content (AvgIpc) is 2.85. The summed E-state index contributed by atoms with van der Waals surface area (Å²) in [4.78, 5) is 1.10. The minimum absolute atomic E-state index is 0.0852. The number of benzene rings is 1. The van der Waals surface area contributed by atoms with Gasteiger partial charge in [0.1, 0.15) is 11.9 Å². The maximum Gasteiger partial charge on any atom is 0.433 e. The number of aromatic nitrogens is 2. The van der Waals surface area contributed by atoms with Gasteiger partial charge in [-0.2, -0.15) is 18.3 Å². The van der Waals surface area contributed by atoms with Crippen LogP contribution in [0.15, 0.2) is 29.2 Å². The molecule has 101 valence electrons. The first-order valence-corrected chi connectivity index (χ1v) is 6.88. The molecule has 1 aromatic heterocycles. The van der Waals surface area contributed by atoms with E-state index < -0.39 is 11.9 Å². The molecule has 0 unspecified atom stereocenters. The summed E-state index contributed by atoms with van der Waals surface area (Å²) < 4.78 is 37.9. The Balaban J connectivity index is 2.08. The number of rotatable bonds is 4. The Bertz CT molecular complexity index is 549. The Hall–Kier alpha value is -1.43. The van der Waals surface area contributed by atoms with Crippen molar-refractivity contribution in [3.63, 3.8) is 0 Å². The van der Waals surface area contributed by atoms with Crippen molar-refractivity contribution in [2.24, 2.45) is 0 Å². The van der Waals surface area contributed by atoms with Crippen LogP contribution in [-0.4, -0.2) is 16.5 Å². The zero-order valence-electron chi connectivity index (χ0n) is 10.2. The Morgan fingerprint density at radius 3 is 2.79 bits per heavy atom. The minimum Gasteiger partial charge on any atom is -0.273 e. The summed E-state index contributed by atoms with van der Waals surface area (Å²) in [5, 5.41) is 5.33. The molecule has 1 aromatic carbocycles. The van der Waals surface area contributed by atoms with Crippen LogP contribution in [0.5, 0.6) is 0 Å². The Morgan fingerprint density at radius 1 is 1.32 bits per heavy atom. The number of hydrogen-bond donors (Lipinski definition) is 1. The number of H-pyrrole nitrogens is 1. The second kappa shape index (κ2) is 5.69. The quantitative estimate of drug-likeness (QED) is 0.867. The second-order valence-corrected chi connectivity index (χ2v) is 4.92. The highest BCUT2D eigenvalue weighted by molar-refractivity contribution is 7.98. The molecule has 0 fully saturated rings. The van der Waals surface area contributed by atoms with Crippen LogP contribution in [0.1, 0.15) is 16.8 Å². The van der Waals surface area contributed by atoms with Crippen molar-refractivity contribution in [1.82, 2.24) is 10.2 Å². The lowest BCUT2D eigenvalue weighted by Crippen LogP contribution is -2.09. The molecule has 0 aliphatic rings. The molecule has 0 bridgehead atoms. The zero-order chi connectivity index (χ0) is 13.9. The van der Waals surface area contributed by atoms with Crippen LogP contribution in [0.3, 0.4) is 0 Å². The molecule has 0 aliphatic carbocycles. The monoisotopic (exact) mass is 285 g/mol. The molecule has 19 heavy (non-hydrogen) atoms. The van der Waals surface area contributed by atoms with Gasteiger partial charge in [-0.25, -0.2) is 0 Å². The van der Waals surface area contributed by atoms with Gasteiger partial charge in [-0.1, -0.05) is 12.1 Å². The van der Waals surface area contributed by atoms with E-state index in [1.54, 1.807) is 11.8 Å². The van der Waals surface area contributed by atoms with Crippen molar-refractivity contribution in [2.75, 3.05) is 6.26 Å². The molecule has 0 atom stereocenters. The number of aromatic amines is 1. The molecule has 0 amide bonds. The van der Waals surface area contributed by atoms with Gasteiger partial charge in [0.2, 0.25) is 0 Å². The van der Waals surface area contributed by atoms with E-state index in [1.165, 1.54) is 0 Å². The lowest BCUT2D eigenvalue weighted by molar-refractivity contribution is -0.141. The third-order valence-corrected chi connectivity index (χ3v) is 3.47. The first-order valence-electron chi connectivity index (χ1n) is 5.66. The Kier molecular flexibility index (Phi) is 4.19. The first kappa shape index (κ1) is 14.0. The van der Waals surface area contributed by atoms with E-state index in [0.717, 1.165) is 10.5 Å². The molecular formula is C13H12F3N2S. The number of hydrogen-bond acceptors (Lipinski definition) is 2. The fraction of sp³-hybridized carbons (Fsp3) is 0.308. The smallest absolute Gasteiger partial charge is 0.273 e. The summed E-state index contributed by atoms with van der Waals surface area (Å²) >= 11 is 1.61. The van der Waals surface area contributed by atoms with Gasteiger partial charge in [0, 0.05) is 10.5 Å². The van der Waals surface area contributed by atoms with Crippen molar-refractivity contribution < 1.29 is 13.2 Å². The summed E-state index contributed by atoms with van der Waals surface area (Å²) in [5.41, 5.74) is 0.296. The van der Waals surface area contributed by atoms with Crippen LogP contribution in [-0.2, 0) is 19.0 Å². The molecule has 6 heteroatoms. The number of thioether (sulfide) groups is 1. The third kappa shape index (κ3) is 3.53. The highest BCUT2D eigenvalue weighted by Crippen LogP contribution is 2.30. The molecule has 2 nitrogen and oxygen atoms in total. The molecule has 0 saturated carbocycles. The van der Waals surface area contributed by atoms with E-state index in [0.29, 0.717) is 6.42 Å². The maximum absolute atomic E-state index is 12.6. The number of aryl methyl sites for hydroxylation is 2. The fourth-order valence-corrected chi connectivity index (χ4v) is 2.27. The predicted octanol–water partition coefficient (Wildman–Crippen LogP) is 3.74. The lowest BCUT2D eigenvalue weighted by atomic mass is 10.0. The average molecular weight is 285 g/mol. The van der Waals surface area contributed by atoms with Crippen molar-refractivity contribution in [3.8, 4) is 0 Å². The zero-order valence-corrected chi connectivity index (χ0v) is 11.0. The van der Waals surface area contributed by atoms with Crippen LogP contribution in [0, 0.1) is 6.20 Å². The van der Waals surface area contributed by atoms with Crippen molar-refractivity contribution >= 4 is 11.8 Å². The van der Waals surface area contributed by atoms with Gasteiger partial charge in [0.25, 0.3) is 0 Å². The Morgan fingerprint density at radius 2 is 2.11 bits per heavy atom. The van der Waals surface area contributed by atoms with Crippen LogP contribution in [0.2, 0.25) is 0 Å². The van der Waals surface area contributed by atoms with Gasteiger partial charge >= 0.3 is 6.18 Å². The molecular weight excluding hydrogens is 273 g/mol. The van der Waals surface area contributed by atoms with E-state index in [4.69, 9.17) is 0 Å². The van der Waals surface area contributed by atoms with Gasteiger partial charge in [0.05, 0.1) is 0 Å². The standard InChI is InChI=1S/C13H12F3N2S/c1-19-11-4-2-3-9(7-11)5-6-10-8-17-18-12(10)13(14,15)16/h2-4,7H,5-6H2,1H3,(H,17,18). The van der Waals surface area contributed by atoms with Crippen LogP contribution < -0.4 is 0 Å². The predicted molar refractivity (Wildman–Crippen MR) is 68.1 cm³/mol. The summed E-state index contributed by atoms with van der Waals surface area (Å²) in [6, 6.07) is 7.77. The second-order valence-electron chi connectivity index (χ2n) is 4.04. The van der Waals surface area contributed by atoms with E-state index in [-0.39, 0.29) is 12.0 Å².